The van der Waals surface area contributed by atoms with E-state index in [4.69, 9.17) is 4.42 Å². The van der Waals surface area contributed by atoms with Gasteiger partial charge in [-0.2, -0.15) is 5.10 Å². The Kier molecular flexibility index (Phi) is 6.07. The van der Waals surface area contributed by atoms with Gasteiger partial charge in [-0.25, -0.2) is 17.6 Å². The normalized spacial score (nSPS) is 11.3. The van der Waals surface area contributed by atoms with Gasteiger partial charge >= 0.3 is 0 Å². The summed E-state index contributed by atoms with van der Waals surface area (Å²) < 4.78 is 58.0. The number of anilines is 1. The molecule has 32 heavy (non-hydrogen) atoms. The summed E-state index contributed by atoms with van der Waals surface area (Å²) in [7, 11) is 0. The van der Waals surface area contributed by atoms with Crippen molar-refractivity contribution in [3.63, 3.8) is 0 Å². The Morgan fingerprint density at radius 1 is 0.906 bits per heavy atom. The Morgan fingerprint density at radius 3 is 2.25 bits per heavy atom. The highest BCUT2D eigenvalue weighted by molar-refractivity contribution is 6.02. The van der Waals surface area contributed by atoms with Crippen molar-refractivity contribution in [3.8, 4) is 11.1 Å². The van der Waals surface area contributed by atoms with E-state index in [9.17, 15) is 22.4 Å². The largest absolute Gasteiger partial charge is 0.454 e. The molecule has 0 unspecified atom stereocenters. The second-order valence-corrected chi connectivity index (χ2v) is 6.92. The van der Waals surface area contributed by atoms with Crippen LogP contribution in [0.2, 0.25) is 0 Å². The summed E-state index contributed by atoms with van der Waals surface area (Å²) in [6, 6.07) is 20.4. The molecule has 164 valence electrons. The van der Waals surface area contributed by atoms with Gasteiger partial charge in [0.05, 0.1) is 6.54 Å². The van der Waals surface area contributed by atoms with Crippen molar-refractivity contribution in [3.05, 3.63) is 95.7 Å². The topological polar surface area (TPSA) is 60.1 Å². The zero-order valence-corrected chi connectivity index (χ0v) is 16.5. The Balaban J connectivity index is 1.44. The molecular weight excluding hydrogens is 426 g/mol. The fourth-order valence-corrected chi connectivity index (χ4v) is 3.16. The number of halogens is 4. The smallest absolute Gasteiger partial charge is 0.291 e. The first-order chi connectivity index (χ1) is 15.4. The van der Waals surface area contributed by atoms with E-state index in [2.05, 4.69) is 10.4 Å². The van der Waals surface area contributed by atoms with E-state index in [1.807, 2.05) is 42.5 Å². The second kappa shape index (κ2) is 9.09. The maximum Gasteiger partial charge on any atom is 0.291 e. The molecule has 5 nitrogen and oxygen atoms in total. The van der Waals surface area contributed by atoms with E-state index in [1.54, 1.807) is 12.1 Å². The van der Waals surface area contributed by atoms with E-state index in [0.29, 0.717) is 11.8 Å². The predicted octanol–water partition coefficient (Wildman–Crippen LogP) is 6.32. The summed E-state index contributed by atoms with van der Waals surface area (Å²) in [5, 5.41) is 6.20. The molecule has 4 aromatic rings. The van der Waals surface area contributed by atoms with Crippen LogP contribution in [0.15, 0.2) is 77.2 Å². The second-order valence-electron chi connectivity index (χ2n) is 6.92. The molecule has 0 saturated heterocycles. The van der Waals surface area contributed by atoms with Crippen LogP contribution in [0.1, 0.15) is 40.6 Å². The fraction of sp³-hybridized carbons (Fsp3) is 0.130. The summed E-state index contributed by atoms with van der Waals surface area (Å²) in [5.74, 6) is -0.459. The van der Waals surface area contributed by atoms with Crippen LogP contribution in [0.4, 0.5) is 23.2 Å². The van der Waals surface area contributed by atoms with Crippen LogP contribution in [0.5, 0.6) is 0 Å². The summed E-state index contributed by atoms with van der Waals surface area (Å²) in [6.45, 7) is -0.314. The maximum atomic E-state index is 13.1. The Morgan fingerprint density at radius 2 is 1.59 bits per heavy atom. The minimum absolute atomic E-state index is 0.0491. The molecule has 2 aromatic heterocycles. The number of carbonyl (C=O) groups excluding carboxylic acids is 1. The van der Waals surface area contributed by atoms with Gasteiger partial charge in [0, 0.05) is 5.69 Å². The van der Waals surface area contributed by atoms with E-state index in [0.717, 1.165) is 15.8 Å². The maximum absolute atomic E-state index is 13.1. The lowest BCUT2D eigenvalue weighted by atomic mass is 10.1. The molecule has 0 aliphatic rings. The average Bonchev–Trinajstić information content (AvgIpc) is 3.43. The van der Waals surface area contributed by atoms with Gasteiger partial charge in [-0.05, 0) is 41.5 Å². The summed E-state index contributed by atoms with van der Waals surface area (Å²) in [5.41, 5.74) is 1.17. The van der Waals surface area contributed by atoms with Crippen molar-refractivity contribution in [1.82, 2.24) is 9.78 Å². The van der Waals surface area contributed by atoms with Gasteiger partial charge in [-0.15, -0.1) is 0 Å². The van der Waals surface area contributed by atoms with Gasteiger partial charge in [0.15, 0.2) is 5.76 Å². The highest BCUT2D eigenvalue weighted by Crippen LogP contribution is 2.26. The summed E-state index contributed by atoms with van der Waals surface area (Å²) >= 11 is 0. The molecule has 2 heterocycles. The van der Waals surface area contributed by atoms with Crippen LogP contribution >= 0.6 is 0 Å². The minimum atomic E-state index is -2.98. The first-order valence-electron chi connectivity index (χ1n) is 9.60. The van der Waals surface area contributed by atoms with Gasteiger partial charge in [0.2, 0.25) is 0 Å². The van der Waals surface area contributed by atoms with Crippen molar-refractivity contribution < 1.29 is 26.8 Å². The first kappa shape index (κ1) is 21.4. The SMILES string of the molecule is O=C(Nc1ccc(-c2ccccc2)cc1)c1ccc(Cn2nc(C(F)F)cc2C(F)F)o1. The lowest BCUT2D eigenvalue weighted by molar-refractivity contribution is 0.0994. The van der Waals surface area contributed by atoms with Crippen molar-refractivity contribution in [1.29, 1.82) is 0 Å². The molecule has 0 fully saturated rings. The molecule has 0 radical (unpaired) electrons. The number of hydrogen-bond donors (Lipinski definition) is 1. The van der Waals surface area contributed by atoms with Crippen LogP contribution < -0.4 is 5.32 Å². The van der Waals surface area contributed by atoms with E-state index in [1.165, 1.54) is 12.1 Å². The van der Waals surface area contributed by atoms with Crippen LogP contribution in [0, 0.1) is 0 Å². The van der Waals surface area contributed by atoms with Gasteiger partial charge in [0.25, 0.3) is 18.8 Å². The molecule has 1 amide bonds. The molecule has 0 aliphatic heterocycles. The number of amides is 1. The third-order valence-electron chi connectivity index (χ3n) is 4.72. The van der Waals surface area contributed by atoms with Crippen molar-refractivity contribution in [2.45, 2.75) is 19.4 Å². The molecule has 0 atom stereocenters. The number of benzene rings is 2. The average molecular weight is 443 g/mol. The number of nitrogens with one attached hydrogen (secondary N) is 1. The highest BCUT2D eigenvalue weighted by atomic mass is 19.3. The highest BCUT2D eigenvalue weighted by Gasteiger charge is 2.22. The number of carbonyl (C=O) groups is 1. The zero-order valence-electron chi connectivity index (χ0n) is 16.5. The van der Waals surface area contributed by atoms with Crippen LogP contribution in [0.25, 0.3) is 11.1 Å². The lowest BCUT2D eigenvalue weighted by Gasteiger charge is -2.06. The Hall–Kier alpha value is -3.88. The number of hydrogen-bond acceptors (Lipinski definition) is 3. The van der Waals surface area contributed by atoms with E-state index in [-0.39, 0.29) is 18.1 Å². The molecule has 2 aromatic carbocycles. The molecular formula is C23H17F4N3O2. The molecule has 9 heteroatoms. The van der Waals surface area contributed by atoms with Crippen molar-refractivity contribution in [2.75, 3.05) is 5.32 Å². The van der Waals surface area contributed by atoms with Crippen molar-refractivity contribution in [2.24, 2.45) is 0 Å². The summed E-state index contributed by atoms with van der Waals surface area (Å²) in [6.07, 6.45) is -5.95. The van der Waals surface area contributed by atoms with E-state index < -0.39 is 30.1 Å². The van der Waals surface area contributed by atoms with Crippen LogP contribution in [-0.4, -0.2) is 15.7 Å². The zero-order chi connectivity index (χ0) is 22.7. The molecule has 0 spiro atoms. The quantitative estimate of drug-likeness (QED) is 0.340. The molecule has 0 saturated carbocycles. The number of rotatable bonds is 7. The van der Waals surface area contributed by atoms with Crippen molar-refractivity contribution >= 4 is 11.6 Å². The number of furan rings is 1. The Bertz CT molecular complexity index is 1200. The third-order valence-corrected chi connectivity index (χ3v) is 4.72. The summed E-state index contributed by atoms with van der Waals surface area (Å²) in [4.78, 5) is 12.5. The van der Waals surface area contributed by atoms with Gasteiger partial charge in [-0.1, -0.05) is 42.5 Å². The van der Waals surface area contributed by atoms with E-state index >= 15 is 0 Å². The Labute approximate surface area is 180 Å². The number of nitrogens with zero attached hydrogens (tertiary/aromatic N) is 2. The molecule has 1 N–H and O–H groups in total. The third kappa shape index (κ3) is 4.72. The molecule has 0 bridgehead atoms. The fourth-order valence-electron chi connectivity index (χ4n) is 3.16. The number of alkyl halides is 4. The predicted molar refractivity (Wildman–Crippen MR) is 110 cm³/mol. The van der Waals surface area contributed by atoms with Gasteiger partial charge in [-0.3, -0.25) is 9.48 Å². The monoisotopic (exact) mass is 443 g/mol. The van der Waals surface area contributed by atoms with Gasteiger partial charge < -0.3 is 9.73 Å². The molecule has 0 aliphatic carbocycles. The lowest BCUT2D eigenvalue weighted by Crippen LogP contribution is -2.11. The minimum Gasteiger partial charge on any atom is -0.454 e. The van der Waals surface area contributed by atoms with Gasteiger partial charge in [0.1, 0.15) is 17.1 Å². The molecule has 4 rings (SSSR count). The first-order valence-corrected chi connectivity index (χ1v) is 9.60. The number of aromatic nitrogens is 2. The van der Waals surface area contributed by atoms with Crippen LogP contribution in [-0.2, 0) is 6.54 Å². The van der Waals surface area contributed by atoms with Crippen LogP contribution in [0.3, 0.4) is 0 Å². The standard InChI is InChI=1S/C23H17F4N3O2/c24-21(25)18-12-19(22(26)27)30(29-18)13-17-10-11-20(32-17)23(31)28-16-8-6-15(7-9-16)14-4-2-1-3-5-14/h1-12,21-22H,13H2,(H,28,31).